The molecule has 1 aliphatic rings. The van der Waals surface area contributed by atoms with E-state index in [-0.39, 0.29) is 0 Å². The maximum absolute atomic E-state index is 11.7. The van der Waals surface area contributed by atoms with Gasteiger partial charge in [0, 0.05) is 29.6 Å². The summed E-state index contributed by atoms with van der Waals surface area (Å²) in [6.45, 7) is 2.01. The number of Topliss-reactive ketones (excluding diaryl/α,β-unsaturated/α-hetero) is 1. The zero-order chi connectivity index (χ0) is 11.1. The highest BCUT2D eigenvalue weighted by Gasteiger charge is 2.29. The molecule has 82 valence electrons. The Bertz CT molecular complexity index is 552. The standard InChI is InChI=1S/C13H14N2O/c1-8-4-11-5-9(7-14-13(11)15-8)6-12(16)10-2-3-10/h4-5,7,10H,2-3,6H2,1H3,(H,14,15). The molecule has 1 N–H and O–H groups in total. The van der Waals surface area contributed by atoms with Crippen molar-refractivity contribution in [1.82, 2.24) is 9.97 Å². The van der Waals surface area contributed by atoms with Crippen LogP contribution in [-0.4, -0.2) is 15.8 Å². The molecule has 1 aliphatic carbocycles. The van der Waals surface area contributed by atoms with E-state index in [1.165, 1.54) is 0 Å². The van der Waals surface area contributed by atoms with Crippen LogP contribution in [0.4, 0.5) is 0 Å². The average Bonchev–Trinajstić information content (AvgIpc) is 3.01. The van der Waals surface area contributed by atoms with Gasteiger partial charge in [0.2, 0.25) is 0 Å². The van der Waals surface area contributed by atoms with E-state index in [0.29, 0.717) is 18.1 Å². The van der Waals surface area contributed by atoms with Crippen LogP contribution in [0.15, 0.2) is 18.3 Å². The number of carbonyl (C=O) groups is 1. The number of carbonyl (C=O) groups excluding carboxylic acids is 1. The molecule has 0 aromatic carbocycles. The van der Waals surface area contributed by atoms with E-state index in [1.54, 1.807) is 6.20 Å². The Hall–Kier alpha value is -1.64. The Morgan fingerprint density at radius 3 is 3.06 bits per heavy atom. The summed E-state index contributed by atoms with van der Waals surface area (Å²) in [4.78, 5) is 19.2. The van der Waals surface area contributed by atoms with Crippen LogP contribution in [0.1, 0.15) is 24.1 Å². The third kappa shape index (κ3) is 1.73. The van der Waals surface area contributed by atoms with Crippen LogP contribution in [0, 0.1) is 12.8 Å². The van der Waals surface area contributed by atoms with Crippen molar-refractivity contribution in [2.75, 3.05) is 0 Å². The Labute approximate surface area is 93.9 Å². The zero-order valence-electron chi connectivity index (χ0n) is 9.29. The molecule has 1 saturated carbocycles. The van der Waals surface area contributed by atoms with Gasteiger partial charge < -0.3 is 4.98 Å². The monoisotopic (exact) mass is 214 g/mol. The van der Waals surface area contributed by atoms with Gasteiger partial charge in [-0.1, -0.05) is 0 Å². The molecule has 2 aromatic heterocycles. The highest BCUT2D eigenvalue weighted by molar-refractivity contribution is 5.86. The van der Waals surface area contributed by atoms with Crippen LogP contribution >= 0.6 is 0 Å². The molecule has 0 spiro atoms. The van der Waals surface area contributed by atoms with Gasteiger partial charge in [-0.15, -0.1) is 0 Å². The number of ketones is 1. The molecule has 2 aromatic rings. The first kappa shape index (κ1) is 9.58. The number of aromatic nitrogens is 2. The van der Waals surface area contributed by atoms with Crippen LogP contribution in [0.5, 0.6) is 0 Å². The van der Waals surface area contributed by atoms with Gasteiger partial charge in [0.05, 0.1) is 0 Å². The number of rotatable bonds is 3. The van der Waals surface area contributed by atoms with Crippen LogP contribution in [0.2, 0.25) is 0 Å². The summed E-state index contributed by atoms with van der Waals surface area (Å²) in [6.07, 6.45) is 4.51. The first-order valence-electron chi connectivity index (χ1n) is 5.69. The van der Waals surface area contributed by atoms with Crippen molar-refractivity contribution >= 4 is 16.8 Å². The highest BCUT2D eigenvalue weighted by Crippen LogP contribution is 2.31. The SMILES string of the molecule is Cc1cc2cc(CC(=O)C3CC3)cnc2[nH]1. The number of hydrogen-bond donors (Lipinski definition) is 1. The minimum absolute atomic E-state index is 0.337. The van der Waals surface area contributed by atoms with Crippen molar-refractivity contribution in [3.05, 3.63) is 29.6 Å². The summed E-state index contributed by atoms with van der Waals surface area (Å²) in [7, 11) is 0. The van der Waals surface area contributed by atoms with Crippen molar-refractivity contribution in [3.8, 4) is 0 Å². The van der Waals surface area contributed by atoms with Gasteiger partial charge in [0.15, 0.2) is 0 Å². The maximum atomic E-state index is 11.7. The van der Waals surface area contributed by atoms with Gasteiger partial charge in [0.25, 0.3) is 0 Å². The van der Waals surface area contributed by atoms with E-state index >= 15 is 0 Å². The molecule has 0 unspecified atom stereocenters. The van der Waals surface area contributed by atoms with E-state index in [2.05, 4.69) is 22.1 Å². The van der Waals surface area contributed by atoms with Crippen LogP contribution in [0.25, 0.3) is 11.0 Å². The molecule has 0 aliphatic heterocycles. The van der Waals surface area contributed by atoms with E-state index in [9.17, 15) is 4.79 Å². The lowest BCUT2D eigenvalue weighted by molar-refractivity contribution is -0.119. The Morgan fingerprint density at radius 1 is 1.50 bits per heavy atom. The number of hydrogen-bond acceptors (Lipinski definition) is 2. The van der Waals surface area contributed by atoms with Gasteiger partial charge in [-0.05, 0) is 37.5 Å². The molecular formula is C13H14N2O. The van der Waals surface area contributed by atoms with E-state index in [4.69, 9.17) is 0 Å². The molecule has 2 heterocycles. The number of pyridine rings is 1. The summed E-state index contributed by atoms with van der Waals surface area (Å²) in [5.74, 6) is 0.706. The van der Waals surface area contributed by atoms with Crippen molar-refractivity contribution in [2.45, 2.75) is 26.2 Å². The lowest BCUT2D eigenvalue weighted by Crippen LogP contribution is -2.04. The predicted octanol–water partition coefficient (Wildman–Crippen LogP) is 2.39. The van der Waals surface area contributed by atoms with E-state index < -0.39 is 0 Å². The fourth-order valence-corrected chi connectivity index (χ4v) is 2.05. The summed E-state index contributed by atoms with van der Waals surface area (Å²) in [6, 6.07) is 4.12. The second kappa shape index (κ2) is 3.44. The summed E-state index contributed by atoms with van der Waals surface area (Å²) < 4.78 is 0. The minimum atomic E-state index is 0.337. The third-order valence-corrected chi connectivity index (χ3v) is 3.07. The lowest BCUT2D eigenvalue weighted by Gasteiger charge is -1.99. The van der Waals surface area contributed by atoms with Crippen LogP contribution < -0.4 is 0 Å². The quantitative estimate of drug-likeness (QED) is 0.852. The van der Waals surface area contributed by atoms with Crippen molar-refractivity contribution in [1.29, 1.82) is 0 Å². The van der Waals surface area contributed by atoms with Gasteiger partial charge in [-0.3, -0.25) is 4.79 Å². The second-order valence-electron chi connectivity index (χ2n) is 4.65. The summed E-state index contributed by atoms with van der Waals surface area (Å²) >= 11 is 0. The van der Waals surface area contributed by atoms with Gasteiger partial charge in [-0.2, -0.15) is 0 Å². The number of nitrogens with zero attached hydrogens (tertiary/aromatic N) is 1. The lowest BCUT2D eigenvalue weighted by atomic mass is 10.1. The molecule has 3 heteroatoms. The maximum Gasteiger partial charge on any atom is 0.140 e. The first-order valence-corrected chi connectivity index (χ1v) is 5.69. The number of fused-ring (bicyclic) bond motifs is 1. The van der Waals surface area contributed by atoms with Gasteiger partial charge >= 0.3 is 0 Å². The molecule has 3 rings (SSSR count). The fraction of sp³-hybridized carbons (Fsp3) is 0.385. The number of aryl methyl sites for hydroxylation is 1. The topological polar surface area (TPSA) is 45.8 Å². The average molecular weight is 214 g/mol. The first-order chi connectivity index (χ1) is 7.72. The van der Waals surface area contributed by atoms with Gasteiger partial charge in [0.1, 0.15) is 11.4 Å². The largest absolute Gasteiger partial charge is 0.344 e. The molecular weight excluding hydrogens is 200 g/mol. The van der Waals surface area contributed by atoms with Crippen LogP contribution in [0.3, 0.4) is 0 Å². The number of H-pyrrole nitrogens is 1. The fourth-order valence-electron chi connectivity index (χ4n) is 2.05. The third-order valence-electron chi connectivity index (χ3n) is 3.07. The molecule has 0 amide bonds. The Kier molecular flexibility index (Phi) is 2.06. The van der Waals surface area contributed by atoms with E-state index in [0.717, 1.165) is 35.1 Å². The highest BCUT2D eigenvalue weighted by atomic mass is 16.1. The Morgan fingerprint density at radius 2 is 2.31 bits per heavy atom. The molecule has 0 bridgehead atoms. The molecule has 0 atom stereocenters. The molecule has 0 radical (unpaired) electrons. The van der Waals surface area contributed by atoms with Gasteiger partial charge in [-0.25, -0.2) is 4.98 Å². The van der Waals surface area contributed by atoms with Crippen molar-refractivity contribution in [2.24, 2.45) is 5.92 Å². The Balaban J connectivity index is 1.88. The summed E-state index contributed by atoms with van der Waals surface area (Å²) in [5.41, 5.74) is 3.04. The number of nitrogens with one attached hydrogen (secondary N) is 1. The van der Waals surface area contributed by atoms with E-state index in [1.807, 2.05) is 6.92 Å². The molecule has 0 saturated heterocycles. The zero-order valence-corrected chi connectivity index (χ0v) is 9.29. The van der Waals surface area contributed by atoms with Crippen LogP contribution in [-0.2, 0) is 11.2 Å². The molecule has 1 fully saturated rings. The molecule has 3 nitrogen and oxygen atoms in total. The van der Waals surface area contributed by atoms with Crippen molar-refractivity contribution < 1.29 is 4.79 Å². The molecule has 16 heavy (non-hydrogen) atoms. The van der Waals surface area contributed by atoms with Crippen molar-refractivity contribution in [3.63, 3.8) is 0 Å². The number of aromatic amines is 1. The smallest absolute Gasteiger partial charge is 0.140 e. The second-order valence-corrected chi connectivity index (χ2v) is 4.65. The summed E-state index contributed by atoms with van der Waals surface area (Å²) in [5, 5.41) is 1.10. The normalized spacial score (nSPS) is 15.6. The predicted molar refractivity (Wildman–Crippen MR) is 62.3 cm³/mol. The minimum Gasteiger partial charge on any atom is -0.344 e.